The highest BCUT2D eigenvalue weighted by molar-refractivity contribution is 4.95. The molecule has 0 saturated heterocycles. The fourth-order valence-corrected chi connectivity index (χ4v) is 1.69. The Labute approximate surface area is 193 Å². The first-order chi connectivity index (χ1) is 13.4. The Hall–Kier alpha value is -0.520. The Morgan fingerprint density at radius 1 is 0.586 bits per heavy atom. The number of rotatable bonds is 8. The van der Waals surface area contributed by atoms with Crippen molar-refractivity contribution in [3.8, 4) is 0 Å². The minimum absolute atomic E-state index is 0. The van der Waals surface area contributed by atoms with E-state index in [4.69, 9.17) is 0 Å². The van der Waals surface area contributed by atoms with Crippen molar-refractivity contribution in [1.29, 1.82) is 0 Å². The summed E-state index contributed by atoms with van der Waals surface area (Å²) in [4.78, 5) is 0. The first-order valence-corrected chi connectivity index (χ1v) is 12.7. The van der Waals surface area contributed by atoms with Gasteiger partial charge in [-0.1, -0.05) is 147 Å². The van der Waals surface area contributed by atoms with Crippen LogP contribution in [-0.4, -0.2) is 0 Å². The second-order valence-electron chi connectivity index (χ2n) is 5.78. The van der Waals surface area contributed by atoms with Gasteiger partial charge >= 0.3 is 0 Å². The van der Waals surface area contributed by atoms with Gasteiger partial charge in [-0.15, -0.1) is 6.58 Å². The molecular weight excluding hydrogens is 348 g/mol. The first-order valence-electron chi connectivity index (χ1n) is 12.7. The van der Waals surface area contributed by atoms with Crippen molar-refractivity contribution in [2.45, 2.75) is 163 Å². The molecule has 0 aromatic carbocycles. The van der Waals surface area contributed by atoms with Crippen molar-refractivity contribution in [1.82, 2.24) is 0 Å². The Bertz CT molecular complexity index is 192. The zero-order valence-corrected chi connectivity index (χ0v) is 23.6. The van der Waals surface area contributed by atoms with Crippen LogP contribution in [0, 0.1) is 5.92 Å². The molecule has 0 aliphatic rings. The predicted molar refractivity (Wildman–Crippen MR) is 151 cm³/mol. The number of allylic oxidation sites excluding steroid dienone is 2. The summed E-state index contributed by atoms with van der Waals surface area (Å²) in [6, 6.07) is 0. The molecule has 0 radical (unpaired) electrons. The molecule has 0 heteroatoms. The van der Waals surface area contributed by atoms with Crippen molar-refractivity contribution in [2.24, 2.45) is 5.92 Å². The monoisotopic (exact) mass is 419 g/mol. The van der Waals surface area contributed by atoms with Gasteiger partial charge in [0.15, 0.2) is 0 Å². The van der Waals surface area contributed by atoms with Crippen LogP contribution in [0.3, 0.4) is 0 Å². The van der Waals surface area contributed by atoms with Gasteiger partial charge in [-0.05, 0) is 39.0 Å². The molecule has 0 aromatic rings. The van der Waals surface area contributed by atoms with E-state index in [0.717, 1.165) is 12.3 Å². The van der Waals surface area contributed by atoms with E-state index in [0.29, 0.717) is 0 Å². The van der Waals surface area contributed by atoms with Gasteiger partial charge in [0.1, 0.15) is 0 Å². The molecular formula is C29H70. The van der Waals surface area contributed by atoms with E-state index >= 15 is 0 Å². The Morgan fingerprint density at radius 3 is 0.897 bits per heavy atom. The number of hydrogen-bond acceptors (Lipinski definition) is 0. The van der Waals surface area contributed by atoms with Gasteiger partial charge in [0.25, 0.3) is 0 Å². The average molecular weight is 419 g/mol. The van der Waals surface area contributed by atoms with E-state index in [1.165, 1.54) is 56.1 Å². The average Bonchev–Trinajstić information content (AvgIpc) is 2.75. The molecule has 186 valence electrons. The minimum atomic E-state index is 0. The molecule has 0 bridgehead atoms. The van der Waals surface area contributed by atoms with E-state index in [-0.39, 0.29) is 7.43 Å². The Morgan fingerprint density at radius 2 is 0.828 bits per heavy atom. The molecule has 0 amide bonds. The fourth-order valence-electron chi connectivity index (χ4n) is 1.69. The lowest BCUT2D eigenvalue weighted by atomic mass is 9.92. The molecule has 0 spiro atoms. The van der Waals surface area contributed by atoms with Crippen LogP contribution in [0.5, 0.6) is 0 Å². The summed E-state index contributed by atoms with van der Waals surface area (Å²) in [6.07, 6.45) is 10.4. The maximum absolute atomic E-state index is 3.99. The van der Waals surface area contributed by atoms with E-state index in [9.17, 15) is 0 Å². The molecule has 0 atom stereocenters. The van der Waals surface area contributed by atoms with Crippen LogP contribution in [0.1, 0.15) is 163 Å². The number of hydrogen-bond donors (Lipinski definition) is 0. The van der Waals surface area contributed by atoms with Crippen molar-refractivity contribution < 1.29 is 0 Å². The molecule has 0 aliphatic carbocycles. The summed E-state index contributed by atoms with van der Waals surface area (Å²) < 4.78 is 0. The third-order valence-electron chi connectivity index (χ3n) is 3.28. The highest BCUT2D eigenvalue weighted by Gasteiger charge is 2.05. The van der Waals surface area contributed by atoms with Gasteiger partial charge < -0.3 is 0 Å². The smallest absolute Gasteiger partial charge is 0.0209 e. The van der Waals surface area contributed by atoms with Crippen molar-refractivity contribution in [2.75, 3.05) is 0 Å². The van der Waals surface area contributed by atoms with Crippen molar-refractivity contribution >= 4 is 0 Å². The second kappa shape index (κ2) is 70.9. The molecule has 29 heavy (non-hydrogen) atoms. The zero-order chi connectivity index (χ0) is 24.4. The summed E-state index contributed by atoms with van der Waals surface area (Å²) in [5.41, 5.74) is 2.62. The lowest BCUT2D eigenvalue weighted by molar-refractivity contribution is 0.505. The van der Waals surface area contributed by atoms with Crippen LogP contribution < -0.4 is 0 Å². The summed E-state index contributed by atoms with van der Waals surface area (Å²) >= 11 is 0. The normalized spacial score (nSPS) is 7.17. The summed E-state index contributed by atoms with van der Waals surface area (Å²) in [5, 5.41) is 0. The molecule has 0 nitrogen and oxygen atoms in total. The summed E-state index contributed by atoms with van der Waals surface area (Å²) in [7, 11) is 0. The van der Waals surface area contributed by atoms with E-state index in [1.807, 2.05) is 62.3 Å². The molecule has 0 heterocycles. The van der Waals surface area contributed by atoms with E-state index in [1.54, 1.807) is 0 Å². The van der Waals surface area contributed by atoms with Crippen molar-refractivity contribution in [3.05, 3.63) is 24.3 Å². The standard InChI is InChI=1S/C10H20.C5H10.C5H12.4C2H6.CH4/c1-5-7-10(8-6-2)9(3)4;1-4-5(2)3;1-3-5-4-2;4*1-2;/h10H,3,5-8H2,1-2,4H3;2,4H2,1,3H3;3-5H2,1-2H3;4*1-2H3;1H4. The SMILES string of the molecule is C.C=C(C)C(CCC)CCC.C=C(C)CC.CC.CC.CC.CC.CCCCC. The lowest BCUT2D eigenvalue weighted by Gasteiger charge is -2.14. The van der Waals surface area contributed by atoms with Gasteiger partial charge in [-0.25, -0.2) is 0 Å². The maximum atomic E-state index is 3.99. The Balaban J connectivity index is -0.0000000334. The van der Waals surface area contributed by atoms with Gasteiger partial charge in [0.05, 0.1) is 0 Å². The second-order valence-corrected chi connectivity index (χ2v) is 5.78. The quantitative estimate of drug-likeness (QED) is 0.344. The van der Waals surface area contributed by atoms with Crippen LogP contribution >= 0.6 is 0 Å². The third kappa shape index (κ3) is 98.2. The van der Waals surface area contributed by atoms with Crippen LogP contribution in [0.4, 0.5) is 0 Å². The molecule has 0 rings (SSSR count). The maximum Gasteiger partial charge on any atom is -0.0209 e. The van der Waals surface area contributed by atoms with Gasteiger partial charge in [0, 0.05) is 0 Å². The van der Waals surface area contributed by atoms with Crippen LogP contribution in [0.25, 0.3) is 0 Å². The number of unbranched alkanes of at least 4 members (excludes halogenated alkanes) is 2. The molecule has 0 unspecified atom stereocenters. The first kappa shape index (κ1) is 51.3. The van der Waals surface area contributed by atoms with E-state index in [2.05, 4.69) is 54.7 Å². The molecule has 0 saturated carbocycles. The van der Waals surface area contributed by atoms with E-state index < -0.39 is 0 Å². The van der Waals surface area contributed by atoms with Crippen LogP contribution in [-0.2, 0) is 0 Å². The molecule has 0 aliphatic heterocycles. The summed E-state index contributed by atoms with van der Waals surface area (Å²) in [5.74, 6) is 0.787. The van der Waals surface area contributed by atoms with Gasteiger partial charge in [0.2, 0.25) is 0 Å². The largest absolute Gasteiger partial charge is 0.100 e. The topological polar surface area (TPSA) is 0 Å². The highest BCUT2D eigenvalue weighted by atomic mass is 14.1. The Kier molecular flexibility index (Phi) is 125. The summed E-state index contributed by atoms with van der Waals surface area (Å²) in [6.45, 7) is 38.8. The van der Waals surface area contributed by atoms with Crippen molar-refractivity contribution in [3.63, 3.8) is 0 Å². The zero-order valence-electron chi connectivity index (χ0n) is 23.6. The predicted octanol–water partition coefficient (Wildman–Crippen LogP) is 12.7. The van der Waals surface area contributed by atoms with Gasteiger partial charge in [-0.3, -0.25) is 0 Å². The van der Waals surface area contributed by atoms with Crippen LogP contribution in [0.15, 0.2) is 24.3 Å². The highest BCUT2D eigenvalue weighted by Crippen LogP contribution is 2.20. The third-order valence-corrected chi connectivity index (χ3v) is 3.28. The molecule has 0 aromatic heterocycles. The minimum Gasteiger partial charge on any atom is -0.100 e. The molecule has 0 N–H and O–H groups in total. The fraction of sp³-hybridized carbons (Fsp3) is 0.862. The van der Waals surface area contributed by atoms with Gasteiger partial charge in [-0.2, -0.15) is 0 Å². The molecule has 0 fully saturated rings. The lowest BCUT2D eigenvalue weighted by Crippen LogP contribution is -1.99. The van der Waals surface area contributed by atoms with Crippen LogP contribution in [0.2, 0.25) is 0 Å².